The van der Waals surface area contributed by atoms with Gasteiger partial charge in [0, 0.05) is 4.88 Å². The van der Waals surface area contributed by atoms with E-state index in [1.165, 1.54) is 23.3 Å². The topological polar surface area (TPSA) is 69.1 Å². The third-order valence-electron chi connectivity index (χ3n) is 4.67. The van der Waals surface area contributed by atoms with Gasteiger partial charge in [0.05, 0.1) is 25.9 Å². The molecule has 7 heteroatoms. The lowest BCUT2D eigenvalue weighted by atomic mass is 10.1. The normalized spacial score (nSPS) is 18.5. The predicted octanol–water partition coefficient (Wildman–Crippen LogP) is 0.657. The van der Waals surface area contributed by atoms with Crippen LogP contribution in [0, 0.1) is 0 Å². The van der Waals surface area contributed by atoms with Crippen molar-refractivity contribution in [3.05, 3.63) is 16.0 Å². The van der Waals surface area contributed by atoms with E-state index >= 15 is 0 Å². The number of aryl methyl sites for hydroxylation is 1. The molecule has 3 rings (SSSR count). The Morgan fingerprint density at radius 3 is 2.71 bits per heavy atom. The fourth-order valence-corrected chi connectivity index (χ4v) is 4.68. The first-order valence-electron chi connectivity index (χ1n) is 8.63. The predicted molar refractivity (Wildman–Crippen MR) is 91.9 cm³/mol. The lowest BCUT2D eigenvalue weighted by Gasteiger charge is -2.23. The van der Waals surface area contributed by atoms with Gasteiger partial charge in [0.15, 0.2) is 6.54 Å². The zero-order chi connectivity index (χ0) is 16.9. The average Bonchev–Trinajstić information content (AvgIpc) is 2.76. The first-order valence-corrected chi connectivity index (χ1v) is 9.44. The maximum Gasteiger partial charge on any atom is 0.341 e. The number of amides is 1. The van der Waals surface area contributed by atoms with Gasteiger partial charge in [-0.2, -0.15) is 0 Å². The molecule has 0 spiro atoms. The van der Waals surface area contributed by atoms with Gasteiger partial charge in [0.2, 0.25) is 0 Å². The summed E-state index contributed by atoms with van der Waals surface area (Å²) in [7, 11) is 1.40. The zero-order valence-electron chi connectivity index (χ0n) is 14.1. The quantitative estimate of drug-likeness (QED) is 0.616. The Kier molecular flexibility index (Phi) is 5.86. The van der Waals surface area contributed by atoms with Crippen molar-refractivity contribution in [2.24, 2.45) is 0 Å². The van der Waals surface area contributed by atoms with Crippen molar-refractivity contribution in [3.63, 3.8) is 0 Å². The van der Waals surface area contributed by atoms with Gasteiger partial charge in [0.25, 0.3) is 5.91 Å². The van der Waals surface area contributed by atoms with Crippen LogP contribution >= 0.6 is 11.3 Å². The Morgan fingerprint density at radius 2 is 1.96 bits per heavy atom. The van der Waals surface area contributed by atoms with Gasteiger partial charge in [0.1, 0.15) is 18.1 Å². The number of carbonyl (C=O) groups excluding carboxylic acids is 2. The minimum Gasteiger partial charge on any atom is -0.465 e. The summed E-state index contributed by atoms with van der Waals surface area (Å²) in [6, 6.07) is 0. The van der Waals surface area contributed by atoms with E-state index in [0.29, 0.717) is 30.3 Å². The summed E-state index contributed by atoms with van der Waals surface area (Å²) in [4.78, 5) is 27.1. The van der Waals surface area contributed by atoms with Crippen LogP contribution < -0.4 is 10.2 Å². The highest BCUT2D eigenvalue weighted by Crippen LogP contribution is 2.37. The fourth-order valence-electron chi connectivity index (χ4n) is 3.38. The number of esters is 1. The highest BCUT2D eigenvalue weighted by Gasteiger charge is 2.27. The molecular formula is C17H25N2O4S+. The van der Waals surface area contributed by atoms with E-state index < -0.39 is 0 Å². The molecule has 24 heavy (non-hydrogen) atoms. The number of nitrogens with one attached hydrogen (secondary N) is 2. The molecule has 1 aromatic rings. The van der Waals surface area contributed by atoms with Gasteiger partial charge in [-0.3, -0.25) is 4.79 Å². The number of ether oxygens (including phenoxy) is 2. The minimum absolute atomic E-state index is 0.0477. The third-order valence-corrected chi connectivity index (χ3v) is 5.88. The van der Waals surface area contributed by atoms with Gasteiger partial charge in [-0.15, -0.1) is 11.3 Å². The largest absolute Gasteiger partial charge is 0.465 e. The van der Waals surface area contributed by atoms with Gasteiger partial charge >= 0.3 is 5.97 Å². The summed E-state index contributed by atoms with van der Waals surface area (Å²) >= 11 is 1.54. The lowest BCUT2D eigenvalue weighted by molar-refractivity contribution is -0.899. The molecule has 2 N–H and O–H groups in total. The van der Waals surface area contributed by atoms with Crippen LogP contribution in [0.5, 0.6) is 0 Å². The number of anilines is 1. The number of carbonyl (C=O) groups is 2. The average molecular weight is 353 g/mol. The summed E-state index contributed by atoms with van der Waals surface area (Å²) in [6.07, 6.45) is 5.28. The zero-order valence-corrected chi connectivity index (χ0v) is 14.9. The van der Waals surface area contributed by atoms with E-state index in [4.69, 9.17) is 9.47 Å². The van der Waals surface area contributed by atoms with Crippen molar-refractivity contribution in [2.75, 3.05) is 45.3 Å². The lowest BCUT2D eigenvalue weighted by Crippen LogP contribution is -3.15. The first kappa shape index (κ1) is 17.4. The van der Waals surface area contributed by atoms with Crippen molar-refractivity contribution < 1.29 is 24.0 Å². The smallest absolute Gasteiger partial charge is 0.341 e. The number of morpholine rings is 1. The number of hydrogen-bond donors (Lipinski definition) is 2. The van der Waals surface area contributed by atoms with Crippen LogP contribution in [0.2, 0.25) is 0 Å². The van der Waals surface area contributed by atoms with E-state index in [1.54, 1.807) is 11.3 Å². The standard InChI is InChI=1S/C17H24N2O4S/c1-22-17(21)15-12-5-3-2-4-6-13(12)24-16(15)18-14(20)11-19-7-9-23-10-8-19/h2-11H2,1H3,(H,18,20)/p+1. The summed E-state index contributed by atoms with van der Waals surface area (Å²) in [5, 5.41) is 3.63. The fraction of sp³-hybridized carbons (Fsp3) is 0.647. The van der Waals surface area contributed by atoms with Gasteiger partial charge in [-0.25, -0.2) is 4.79 Å². The van der Waals surface area contributed by atoms with Crippen LogP contribution in [0.3, 0.4) is 0 Å². The van der Waals surface area contributed by atoms with E-state index in [2.05, 4.69) is 5.32 Å². The van der Waals surface area contributed by atoms with Crippen LogP contribution in [-0.4, -0.2) is 51.8 Å². The van der Waals surface area contributed by atoms with Crippen LogP contribution in [0.25, 0.3) is 0 Å². The van der Waals surface area contributed by atoms with Crippen molar-refractivity contribution >= 4 is 28.2 Å². The molecule has 0 saturated carbocycles. The molecule has 6 nitrogen and oxygen atoms in total. The van der Waals surface area contributed by atoms with E-state index in [-0.39, 0.29) is 11.9 Å². The molecule has 0 aromatic carbocycles. The Hall–Kier alpha value is -1.44. The molecule has 0 unspecified atom stereocenters. The number of thiophene rings is 1. The third kappa shape index (κ3) is 3.96. The van der Waals surface area contributed by atoms with Crippen LogP contribution in [-0.2, 0) is 27.1 Å². The van der Waals surface area contributed by atoms with E-state index in [1.807, 2.05) is 0 Å². The molecule has 0 atom stereocenters. The van der Waals surface area contributed by atoms with Gasteiger partial charge in [-0.05, 0) is 31.2 Å². The second-order valence-electron chi connectivity index (χ2n) is 6.35. The maximum absolute atomic E-state index is 12.4. The first-order chi connectivity index (χ1) is 11.7. The highest BCUT2D eigenvalue weighted by molar-refractivity contribution is 7.17. The van der Waals surface area contributed by atoms with E-state index in [0.717, 1.165) is 44.3 Å². The molecule has 1 aromatic heterocycles. The number of methoxy groups -OCH3 is 1. The highest BCUT2D eigenvalue weighted by atomic mass is 32.1. The molecule has 132 valence electrons. The number of hydrogen-bond acceptors (Lipinski definition) is 5. The number of quaternary nitrogens is 1. The summed E-state index contributed by atoms with van der Waals surface area (Å²) in [5.74, 6) is -0.392. The summed E-state index contributed by atoms with van der Waals surface area (Å²) in [6.45, 7) is 3.50. The SMILES string of the molecule is COC(=O)c1c(NC(=O)C[NH+]2CCOCC2)sc2c1CCCCC2. The van der Waals surface area contributed by atoms with Gasteiger partial charge in [-0.1, -0.05) is 6.42 Å². The number of fused-ring (bicyclic) bond motifs is 1. The Bertz CT molecular complexity index is 608. The molecule has 0 bridgehead atoms. The molecule has 2 aliphatic rings. The molecule has 1 aliphatic heterocycles. The van der Waals surface area contributed by atoms with E-state index in [9.17, 15) is 9.59 Å². The van der Waals surface area contributed by atoms with Crippen LogP contribution in [0.4, 0.5) is 5.00 Å². The Labute approximate surface area is 146 Å². The van der Waals surface area contributed by atoms with Crippen molar-refractivity contribution in [2.45, 2.75) is 32.1 Å². The molecule has 1 fully saturated rings. The van der Waals surface area contributed by atoms with Gasteiger partial charge < -0.3 is 19.7 Å². The Balaban J connectivity index is 1.76. The summed E-state index contributed by atoms with van der Waals surface area (Å²) in [5.41, 5.74) is 1.66. The second kappa shape index (κ2) is 8.09. The molecular weight excluding hydrogens is 328 g/mol. The van der Waals surface area contributed by atoms with Crippen molar-refractivity contribution in [3.8, 4) is 0 Å². The second-order valence-corrected chi connectivity index (χ2v) is 7.45. The minimum atomic E-state index is -0.344. The van der Waals surface area contributed by atoms with Crippen molar-refractivity contribution in [1.29, 1.82) is 0 Å². The monoisotopic (exact) mass is 353 g/mol. The Morgan fingerprint density at radius 1 is 1.21 bits per heavy atom. The van der Waals surface area contributed by atoms with Crippen molar-refractivity contribution in [1.82, 2.24) is 0 Å². The maximum atomic E-state index is 12.4. The van der Waals surface area contributed by atoms with Crippen LogP contribution in [0.15, 0.2) is 0 Å². The molecule has 0 radical (unpaired) electrons. The molecule has 2 heterocycles. The number of rotatable bonds is 4. The molecule has 1 aliphatic carbocycles. The van der Waals surface area contributed by atoms with Crippen LogP contribution in [0.1, 0.15) is 40.1 Å². The molecule has 1 saturated heterocycles. The molecule has 1 amide bonds. The summed E-state index contributed by atoms with van der Waals surface area (Å²) < 4.78 is 10.3.